The molecule has 1 saturated heterocycles. The van der Waals surface area contributed by atoms with E-state index >= 15 is 0 Å². The van der Waals surface area contributed by atoms with Crippen LogP contribution in [0.15, 0.2) is 17.5 Å². The van der Waals surface area contributed by atoms with E-state index in [-0.39, 0.29) is 32.2 Å². The first-order valence-corrected chi connectivity index (χ1v) is 9.83. The first-order chi connectivity index (χ1) is 14.1. The van der Waals surface area contributed by atoms with Gasteiger partial charge in [0.25, 0.3) is 0 Å². The summed E-state index contributed by atoms with van der Waals surface area (Å²) < 4.78 is 48.6. The number of benzene rings is 1. The van der Waals surface area contributed by atoms with Gasteiger partial charge in [0.1, 0.15) is 13.2 Å². The Hall–Kier alpha value is -2.50. The quantitative estimate of drug-likeness (QED) is 0.612. The number of anilines is 1. The molecule has 0 spiro atoms. The zero-order valence-electron chi connectivity index (χ0n) is 15.6. The molecule has 1 aliphatic heterocycles. The van der Waals surface area contributed by atoms with Gasteiger partial charge in [0, 0.05) is 24.0 Å². The Morgan fingerprint density at radius 2 is 1.97 bits per heavy atom. The summed E-state index contributed by atoms with van der Waals surface area (Å²) in [7, 11) is 0. The molecule has 2 aromatic rings. The number of halogens is 2. The molecule has 2 heterocycles. The van der Waals surface area contributed by atoms with Crippen LogP contribution >= 0.6 is 11.3 Å². The maximum absolute atomic E-state index is 14.4. The summed E-state index contributed by atoms with van der Waals surface area (Å²) in [4.78, 5) is 17.1. The summed E-state index contributed by atoms with van der Waals surface area (Å²) in [5.41, 5.74) is 5.69. The lowest BCUT2D eigenvalue weighted by atomic mass is 10.1. The number of primary amides is 1. The maximum atomic E-state index is 14.4. The van der Waals surface area contributed by atoms with Crippen LogP contribution in [-0.2, 0) is 14.2 Å². The van der Waals surface area contributed by atoms with Gasteiger partial charge in [-0.25, -0.2) is 14.2 Å². The van der Waals surface area contributed by atoms with Gasteiger partial charge in [-0.3, -0.25) is 0 Å². The van der Waals surface area contributed by atoms with Crippen molar-refractivity contribution in [2.45, 2.75) is 0 Å². The fraction of sp³-hybridized carbons (Fsp3) is 0.444. The second kappa shape index (κ2) is 10.3. The van der Waals surface area contributed by atoms with Gasteiger partial charge < -0.3 is 29.6 Å². The molecule has 0 bridgehead atoms. The highest BCUT2D eigenvalue weighted by molar-refractivity contribution is 7.14. The van der Waals surface area contributed by atoms with Crippen LogP contribution in [-0.4, -0.2) is 63.8 Å². The van der Waals surface area contributed by atoms with Gasteiger partial charge in [-0.1, -0.05) is 0 Å². The Morgan fingerprint density at radius 1 is 1.21 bits per heavy atom. The molecular formula is C18H21F2N3O5S. The predicted molar refractivity (Wildman–Crippen MR) is 102 cm³/mol. The topological polar surface area (TPSA) is 96.1 Å². The smallest absolute Gasteiger partial charge is 0.404 e. The van der Waals surface area contributed by atoms with Gasteiger partial charge in [0.15, 0.2) is 16.7 Å². The number of morpholine rings is 1. The van der Waals surface area contributed by atoms with Crippen LogP contribution in [0.25, 0.3) is 11.3 Å². The number of carbonyl (C=O) groups is 1. The Morgan fingerprint density at radius 3 is 2.72 bits per heavy atom. The number of carbonyl (C=O) groups excluding carboxylic acids is 1. The normalized spacial score (nSPS) is 14.1. The number of rotatable bonds is 9. The van der Waals surface area contributed by atoms with E-state index in [1.807, 2.05) is 0 Å². The molecule has 0 aliphatic carbocycles. The van der Waals surface area contributed by atoms with Crippen LogP contribution in [0.4, 0.5) is 18.7 Å². The molecular weight excluding hydrogens is 408 g/mol. The van der Waals surface area contributed by atoms with Crippen molar-refractivity contribution in [3.63, 3.8) is 0 Å². The van der Waals surface area contributed by atoms with Crippen molar-refractivity contribution in [3.05, 3.63) is 29.1 Å². The fourth-order valence-corrected chi connectivity index (χ4v) is 3.55. The zero-order valence-corrected chi connectivity index (χ0v) is 16.4. The Balaban J connectivity index is 1.64. The Labute approximate surface area is 170 Å². The lowest BCUT2D eigenvalue weighted by molar-refractivity contribution is 0.0598. The molecule has 11 heteroatoms. The van der Waals surface area contributed by atoms with Crippen LogP contribution < -0.4 is 15.4 Å². The number of ether oxygens (including phenoxy) is 4. The lowest BCUT2D eigenvalue weighted by Gasteiger charge is -2.26. The third kappa shape index (κ3) is 5.75. The Kier molecular flexibility index (Phi) is 7.55. The SMILES string of the molecule is NC(=O)OCCOCCOc1c(-c2csc(N3CCOCC3)n2)ccc(F)c1F. The van der Waals surface area contributed by atoms with Crippen molar-refractivity contribution in [2.75, 3.05) is 57.6 Å². The van der Waals surface area contributed by atoms with Crippen molar-refractivity contribution in [3.8, 4) is 17.0 Å². The predicted octanol–water partition coefficient (Wildman–Crippen LogP) is 2.42. The van der Waals surface area contributed by atoms with E-state index in [9.17, 15) is 13.6 Å². The lowest BCUT2D eigenvalue weighted by Crippen LogP contribution is -2.36. The highest BCUT2D eigenvalue weighted by Crippen LogP contribution is 2.36. The summed E-state index contributed by atoms with van der Waals surface area (Å²) >= 11 is 1.42. The van der Waals surface area contributed by atoms with Crippen LogP contribution in [0.5, 0.6) is 5.75 Å². The number of hydrogen-bond acceptors (Lipinski definition) is 8. The van der Waals surface area contributed by atoms with Gasteiger partial charge >= 0.3 is 6.09 Å². The maximum Gasteiger partial charge on any atom is 0.404 e. The largest absolute Gasteiger partial charge is 0.487 e. The number of aromatic nitrogens is 1. The van der Waals surface area contributed by atoms with Gasteiger partial charge in [-0.05, 0) is 12.1 Å². The van der Waals surface area contributed by atoms with E-state index in [1.54, 1.807) is 5.38 Å². The highest BCUT2D eigenvalue weighted by Gasteiger charge is 2.20. The van der Waals surface area contributed by atoms with E-state index in [1.165, 1.54) is 17.4 Å². The number of hydrogen-bond donors (Lipinski definition) is 1. The third-order valence-electron chi connectivity index (χ3n) is 4.05. The van der Waals surface area contributed by atoms with Crippen molar-refractivity contribution in [2.24, 2.45) is 5.73 Å². The van der Waals surface area contributed by atoms with Gasteiger partial charge in [-0.15, -0.1) is 11.3 Å². The average molecular weight is 429 g/mol. The molecule has 8 nitrogen and oxygen atoms in total. The van der Waals surface area contributed by atoms with Crippen molar-refractivity contribution in [1.29, 1.82) is 0 Å². The molecule has 0 atom stereocenters. The molecule has 0 unspecified atom stereocenters. The molecule has 1 aliphatic rings. The van der Waals surface area contributed by atoms with Gasteiger partial charge in [-0.2, -0.15) is 4.39 Å². The van der Waals surface area contributed by atoms with Crippen LogP contribution in [0, 0.1) is 11.6 Å². The van der Waals surface area contributed by atoms with E-state index < -0.39 is 17.7 Å². The van der Waals surface area contributed by atoms with Crippen molar-refractivity contribution in [1.82, 2.24) is 4.98 Å². The van der Waals surface area contributed by atoms with Crippen molar-refractivity contribution < 1.29 is 32.5 Å². The van der Waals surface area contributed by atoms with Crippen LogP contribution in [0.1, 0.15) is 0 Å². The van der Waals surface area contributed by atoms with E-state index in [2.05, 4.69) is 14.6 Å². The second-order valence-corrected chi connectivity index (χ2v) is 6.82. The molecule has 0 saturated carbocycles. The monoisotopic (exact) mass is 429 g/mol. The molecule has 3 rings (SSSR count). The number of nitrogens with zero attached hydrogens (tertiary/aromatic N) is 2. The van der Waals surface area contributed by atoms with Gasteiger partial charge in [0.2, 0.25) is 5.82 Å². The average Bonchev–Trinajstić information content (AvgIpc) is 3.21. The molecule has 158 valence electrons. The van der Waals surface area contributed by atoms with Crippen molar-refractivity contribution >= 4 is 22.6 Å². The zero-order chi connectivity index (χ0) is 20.6. The minimum Gasteiger partial charge on any atom is -0.487 e. The minimum absolute atomic E-state index is 0.00193. The summed E-state index contributed by atoms with van der Waals surface area (Å²) in [6.07, 6.45) is -0.893. The molecule has 1 aromatic heterocycles. The number of thiazole rings is 1. The first kappa shape index (κ1) is 21.2. The number of amides is 1. The number of nitrogens with two attached hydrogens (primary N) is 1. The Bertz CT molecular complexity index is 830. The summed E-state index contributed by atoms with van der Waals surface area (Å²) in [6.45, 7) is 2.88. The molecule has 2 N–H and O–H groups in total. The van der Waals surface area contributed by atoms with Crippen LogP contribution in [0.2, 0.25) is 0 Å². The second-order valence-electron chi connectivity index (χ2n) is 5.98. The molecule has 1 aromatic carbocycles. The summed E-state index contributed by atoms with van der Waals surface area (Å²) in [5, 5.41) is 2.57. The molecule has 1 fully saturated rings. The standard InChI is InChI=1S/C18H21F2N3O5S/c19-13-2-1-12(14-11-29-18(22-14)23-3-5-25-6-4-23)16(15(13)20)27-9-7-26-8-10-28-17(21)24/h1-2,11H,3-10H2,(H2,21,24). The molecule has 1 amide bonds. The molecule has 0 radical (unpaired) electrons. The fourth-order valence-electron chi connectivity index (χ4n) is 2.67. The minimum atomic E-state index is -1.08. The molecule has 29 heavy (non-hydrogen) atoms. The highest BCUT2D eigenvalue weighted by atomic mass is 32.1. The summed E-state index contributed by atoms with van der Waals surface area (Å²) in [6, 6.07) is 2.48. The van der Waals surface area contributed by atoms with E-state index in [0.717, 1.165) is 24.3 Å². The summed E-state index contributed by atoms with van der Waals surface area (Å²) in [5.74, 6) is -2.32. The van der Waals surface area contributed by atoms with Crippen LogP contribution in [0.3, 0.4) is 0 Å². The first-order valence-electron chi connectivity index (χ1n) is 8.95. The third-order valence-corrected chi connectivity index (χ3v) is 4.95. The van der Waals surface area contributed by atoms with E-state index in [0.29, 0.717) is 24.5 Å². The van der Waals surface area contributed by atoms with Gasteiger partial charge in [0.05, 0.1) is 32.1 Å². The van der Waals surface area contributed by atoms with E-state index in [4.69, 9.17) is 19.9 Å².